The monoisotopic (exact) mass is 467 g/mol. The molecule has 0 aliphatic rings. The van der Waals surface area contributed by atoms with Crippen molar-refractivity contribution in [1.82, 2.24) is 10.6 Å². The third kappa shape index (κ3) is 8.45. The fourth-order valence-corrected chi connectivity index (χ4v) is 3.04. The number of hydrogen-bond donors (Lipinski definition) is 5. The van der Waals surface area contributed by atoms with Gasteiger partial charge in [-0.15, -0.1) is 0 Å². The number of hydrogen-bond acceptors (Lipinski definition) is 5. The van der Waals surface area contributed by atoms with Crippen LogP contribution in [0.25, 0.3) is 0 Å². The molecule has 0 spiro atoms. The summed E-state index contributed by atoms with van der Waals surface area (Å²) in [6.45, 7) is -0.570. The molecule has 2 atom stereocenters. The van der Waals surface area contributed by atoms with Gasteiger partial charge in [0.15, 0.2) is 5.78 Å². The zero-order chi connectivity index (χ0) is 24.4. The van der Waals surface area contributed by atoms with Crippen LogP contribution in [0, 0.1) is 0 Å². The van der Waals surface area contributed by atoms with Crippen LogP contribution in [0.3, 0.4) is 0 Å². The van der Waals surface area contributed by atoms with Crippen LogP contribution in [0.15, 0.2) is 54.6 Å². The van der Waals surface area contributed by atoms with Crippen LogP contribution in [0.1, 0.15) is 28.8 Å². The maximum absolute atomic E-state index is 13.0. The Labute approximate surface area is 187 Å². The molecule has 11 heteroatoms. The first kappa shape index (κ1) is 25.7. The zero-order valence-electron chi connectivity index (χ0n) is 17.4. The molecule has 178 valence electrons. The number of amides is 2. The Bertz CT molecular complexity index is 954. The summed E-state index contributed by atoms with van der Waals surface area (Å²) in [5.74, 6) is -1.10. The number of benzene rings is 2. The summed E-state index contributed by atoms with van der Waals surface area (Å²) in [4.78, 5) is 36.1. The van der Waals surface area contributed by atoms with Crippen LogP contribution in [-0.2, 0) is 11.0 Å². The van der Waals surface area contributed by atoms with Crippen LogP contribution in [0.4, 0.5) is 23.7 Å². The third-order valence-corrected chi connectivity index (χ3v) is 4.65. The molecule has 8 nitrogen and oxygen atoms in total. The van der Waals surface area contributed by atoms with E-state index in [-0.39, 0.29) is 30.9 Å². The van der Waals surface area contributed by atoms with Gasteiger partial charge in [0.25, 0.3) is 0 Å². The fraction of sp³-hybridized carbons (Fsp3) is 0.318. The number of carboxylic acid groups (broad SMARTS) is 1. The number of aliphatic hydroxyl groups excluding tert-OH is 1. The number of carbonyl (C=O) groups is 3. The van der Waals surface area contributed by atoms with Gasteiger partial charge in [-0.2, -0.15) is 13.2 Å². The van der Waals surface area contributed by atoms with Crippen molar-refractivity contribution in [2.45, 2.75) is 31.1 Å². The molecule has 2 aromatic carbocycles. The highest BCUT2D eigenvalue weighted by molar-refractivity contribution is 5.97. The maximum atomic E-state index is 13.0. The number of carbonyl (C=O) groups excluding carboxylic acids is 2. The van der Waals surface area contributed by atoms with Gasteiger partial charge in [-0.1, -0.05) is 36.4 Å². The van der Waals surface area contributed by atoms with Crippen LogP contribution in [0.2, 0.25) is 0 Å². The molecule has 0 heterocycles. The first-order valence-corrected chi connectivity index (χ1v) is 10.00. The summed E-state index contributed by atoms with van der Waals surface area (Å²) in [6, 6.07) is 10.5. The van der Waals surface area contributed by atoms with Gasteiger partial charge in [-0.3, -0.25) is 9.59 Å². The molecular formula is C22H24F3N3O5. The molecule has 0 aliphatic heterocycles. The zero-order valence-corrected chi connectivity index (χ0v) is 17.4. The lowest BCUT2D eigenvalue weighted by Gasteiger charge is -2.23. The minimum Gasteiger partial charge on any atom is -0.465 e. The minimum absolute atomic E-state index is 0.107. The molecule has 0 aromatic heterocycles. The summed E-state index contributed by atoms with van der Waals surface area (Å²) in [6.07, 6.45) is -6.39. The number of alkyl halides is 3. The van der Waals surface area contributed by atoms with Crippen molar-refractivity contribution in [1.29, 1.82) is 0 Å². The first-order chi connectivity index (χ1) is 15.6. The third-order valence-electron chi connectivity index (χ3n) is 4.65. The van der Waals surface area contributed by atoms with E-state index in [0.717, 1.165) is 12.1 Å². The lowest BCUT2D eigenvalue weighted by Crippen LogP contribution is -2.51. The van der Waals surface area contributed by atoms with E-state index >= 15 is 0 Å². The maximum Gasteiger partial charge on any atom is 0.416 e. The lowest BCUT2D eigenvalue weighted by atomic mass is 10.0. The second-order valence-electron chi connectivity index (χ2n) is 7.17. The van der Waals surface area contributed by atoms with Crippen molar-refractivity contribution in [3.63, 3.8) is 0 Å². The fourth-order valence-electron chi connectivity index (χ4n) is 3.04. The summed E-state index contributed by atoms with van der Waals surface area (Å²) < 4.78 is 38.9. The van der Waals surface area contributed by atoms with E-state index in [1.54, 1.807) is 30.3 Å². The highest BCUT2D eigenvalue weighted by Crippen LogP contribution is 2.30. The highest BCUT2D eigenvalue weighted by Gasteiger charge is 2.30. The lowest BCUT2D eigenvalue weighted by molar-refractivity contribution is -0.137. The molecule has 0 bridgehead atoms. The van der Waals surface area contributed by atoms with Crippen molar-refractivity contribution in [3.05, 3.63) is 65.7 Å². The quantitative estimate of drug-likeness (QED) is 0.324. The summed E-state index contributed by atoms with van der Waals surface area (Å²) in [5, 5.41) is 25.3. The molecule has 2 rings (SSSR count). The molecule has 0 saturated heterocycles. The van der Waals surface area contributed by atoms with Gasteiger partial charge in [-0.05, 0) is 24.6 Å². The van der Waals surface area contributed by atoms with E-state index in [2.05, 4.69) is 10.6 Å². The summed E-state index contributed by atoms with van der Waals surface area (Å²) in [5.41, 5.74) is -0.347. The number of aliphatic hydroxyl groups is 1. The number of nitrogens with one attached hydrogen (secondary N) is 3. The van der Waals surface area contributed by atoms with Crippen LogP contribution >= 0.6 is 0 Å². The number of ketones is 1. The first-order valence-electron chi connectivity index (χ1n) is 10.00. The van der Waals surface area contributed by atoms with Crippen molar-refractivity contribution >= 4 is 23.5 Å². The standard InChI is InChI=1S/C22H24F3N3O5/c23-22(24,25)15-7-4-8-16(11-15)26-13-17(12-19(30)14-5-2-1-3-6-14)27-20(31)18(9-10-29)28-21(32)33/h1-8,11,17-18,26,28-29H,9-10,12-13H2,(H,27,31)(H,32,33)/t17-,18-/m0/s1. The average Bonchev–Trinajstić information content (AvgIpc) is 2.77. The Kier molecular flexibility index (Phi) is 9.22. The summed E-state index contributed by atoms with van der Waals surface area (Å²) >= 11 is 0. The van der Waals surface area contributed by atoms with Gasteiger partial charge in [0.1, 0.15) is 6.04 Å². The molecule has 0 saturated carbocycles. The molecule has 5 N–H and O–H groups in total. The molecular weight excluding hydrogens is 443 g/mol. The number of halogens is 3. The van der Waals surface area contributed by atoms with Gasteiger partial charge in [-0.25, -0.2) is 4.79 Å². The Morgan fingerprint density at radius 3 is 2.27 bits per heavy atom. The number of anilines is 1. The molecule has 33 heavy (non-hydrogen) atoms. The summed E-state index contributed by atoms with van der Waals surface area (Å²) in [7, 11) is 0. The molecule has 2 amide bonds. The second kappa shape index (κ2) is 11.9. The Balaban J connectivity index is 2.16. The van der Waals surface area contributed by atoms with Crippen molar-refractivity contribution in [2.75, 3.05) is 18.5 Å². The van der Waals surface area contributed by atoms with Crippen LogP contribution in [0.5, 0.6) is 0 Å². The van der Waals surface area contributed by atoms with E-state index in [4.69, 9.17) is 10.2 Å². The van der Waals surface area contributed by atoms with E-state index < -0.39 is 42.4 Å². The van der Waals surface area contributed by atoms with E-state index in [1.807, 2.05) is 5.32 Å². The Morgan fingerprint density at radius 1 is 0.970 bits per heavy atom. The Hall–Kier alpha value is -3.60. The van der Waals surface area contributed by atoms with Gasteiger partial charge >= 0.3 is 12.3 Å². The van der Waals surface area contributed by atoms with Gasteiger partial charge < -0.3 is 26.2 Å². The van der Waals surface area contributed by atoms with Crippen molar-refractivity contribution in [2.24, 2.45) is 0 Å². The van der Waals surface area contributed by atoms with E-state index in [9.17, 15) is 27.6 Å². The Morgan fingerprint density at radius 2 is 1.67 bits per heavy atom. The van der Waals surface area contributed by atoms with E-state index in [1.165, 1.54) is 12.1 Å². The SMILES string of the molecule is O=C(O)N[C@@H](CCO)C(=O)N[C@H](CNc1cccc(C(F)(F)F)c1)CC(=O)c1ccccc1. The smallest absolute Gasteiger partial charge is 0.416 e. The van der Waals surface area contributed by atoms with Crippen LogP contribution < -0.4 is 16.0 Å². The van der Waals surface area contributed by atoms with Crippen molar-refractivity contribution in [3.8, 4) is 0 Å². The molecule has 2 aromatic rings. The number of rotatable bonds is 11. The normalized spacial score (nSPS) is 13.0. The predicted molar refractivity (Wildman–Crippen MR) is 114 cm³/mol. The molecule has 0 fully saturated rings. The van der Waals surface area contributed by atoms with Crippen molar-refractivity contribution < 1.29 is 37.8 Å². The van der Waals surface area contributed by atoms with Crippen LogP contribution in [-0.4, -0.2) is 53.2 Å². The molecule has 0 aliphatic carbocycles. The van der Waals surface area contributed by atoms with Gasteiger partial charge in [0.05, 0.1) is 11.6 Å². The topological polar surface area (TPSA) is 128 Å². The average molecular weight is 467 g/mol. The van der Waals surface area contributed by atoms with E-state index in [0.29, 0.717) is 5.56 Å². The van der Waals surface area contributed by atoms with Gasteiger partial charge in [0.2, 0.25) is 5.91 Å². The second-order valence-corrected chi connectivity index (χ2v) is 7.17. The minimum atomic E-state index is -4.53. The molecule has 0 radical (unpaired) electrons. The largest absolute Gasteiger partial charge is 0.465 e. The highest BCUT2D eigenvalue weighted by atomic mass is 19.4. The molecule has 0 unspecified atom stereocenters. The number of Topliss-reactive ketones (excluding diaryl/α,β-unsaturated/α-hetero) is 1. The predicted octanol–water partition coefficient (Wildman–Crippen LogP) is 2.89. The van der Waals surface area contributed by atoms with Gasteiger partial charge in [0, 0.05) is 30.8 Å².